The minimum absolute atomic E-state index is 0.0142. The zero-order chi connectivity index (χ0) is 28.6. The quantitative estimate of drug-likeness (QED) is 0.142. The molecule has 41 heavy (non-hydrogen) atoms. The maximum Gasteiger partial charge on any atom is 0.222 e. The van der Waals surface area contributed by atoms with E-state index in [0.29, 0.717) is 31.6 Å². The molecule has 0 saturated heterocycles. The molecular formula is C34H39N5O2. The van der Waals surface area contributed by atoms with Crippen LogP contribution in [0.4, 0.5) is 0 Å². The van der Waals surface area contributed by atoms with Crippen LogP contribution in [-0.2, 0) is 22.6 Å². The van der Waals surface area contributed by atoms with Crippen molar-refractivity contribution in [2.24, 2.45) is 0 Å². The molecule has 0 aliphatic rings. The highest BCUT2D eigenvalue weighted by atomic mass is 16.1. The van der Waals surface area contributed by atoms with Crippen LogP contribution in [0.3, 0.4) is 0 Å². The first-order valence-corrected chi connectivity index (χ1v) is 14.8. The number of hydrogen-bond donors (Lipinski definition) is 2. The molecule has 0 fully saturated rings. The van der Waals surface area contributed by atoms with Crippen LogP contribution in [0.25, 0.3) is 33.1 Å². The fourth-order valence-electron chi connectivity index (χ4n) is 5.44. The van der Waals surface area contributed by atoms with Gasteiger partial charge in [0.25, 0.3) is 0 Å². The lowest BCUT2D eigenvalue weighted by Gasteiger charge is -2.17. The summed E-state index contributed by atoms with van der Waals surface area (Å²) < 4.78 is 2.15. The first-order valence-electron chi connectivity index (χ1n) is 14.8. The summed E-state index contributed by atoms with van der Waals surface area (Å²) in [5.74, 6) is 2.04. The van der Waals surface area contributed by atoms with Crippen LogP contribution in [0.15, 0.2) is 72.9 Å². The minimum Gasteiger partial charge on any atom is -0.346 e. The number of nitrogens with one attached hydrogen (secondary N) is 2. The molecule has 2 aromatic heterocycles. The second-order valence-electron chi connectivity index (χ2n) is 10.6. The molecule has 1 amide bonds. The second kappa shape index (κ2) is 13.4. The van der Waals surface area contributed by atoms with E-state index in [9.17, 15) is 9.59 Å². The number of aromatic amines is 1. The largest absolute Gasteiger partial charge is 0.346 e. The Balaban J connectivity index is 1.29. The van der Waals surface area contributed by atoms with Crippen molar-refractivity contribution in [2.45, 2.75) is 77.8 Å². The second-order valence-corrected chi connectivity index (χ2v) is 10.6. The first-order chi connectivity index (χ1) is 20.1. The molecule has 0 aliphatic carbocycles. The molecule has 0 radical (unpaired) electrons. The van der Waals surface area contributed by atoms with Crippen molar-refractivity contribution >= 4 is 33.5 Å². The summed E-state index contributed by atoms with van der Waals surface area (Å²) in [4.78, 5) is 37.9. The normalized spacial score (nSPS) is 12.1. The van der Waals surface area contributed by atoms with Crippen LogP contribution in [0.5, 0.6) is 0 Å². The zero-order valence-corrected chi connectivity index (χ0v) is 24.0. The van der Waals surface area contributed by atoms with E-state index in [1.54, 1.807) is 0 Å². The lowest BCUT2D eigenvalue weighted by Crippen LogP contribution is -2.30. The molecule has 212 valence electrons. The molecule has 5 aromatic rings. The van der Waals surface area contributed by atoms with Gasteiger partial charge in [0, 0.05) is 37.8 Å². The van der Waals surface area contributed by atoms with Gasteiger partial charge < -0.3 is 14.9 Å². The summed E-state index contributed by atoms with van der Waals surface area (Å²) in [6.45, 7) is 4.57. The number of nitrogens with zero attached hydrogens (tertiary/aromatic N) is 3. The average Bonchev–Trinajstić information content (AvgIpc) is 3.64. The number of unbranched alkanes of at least 4 members (excludes halogenated alkanes) is 2. The number of aryl methyl sites for hydroxylation is 2. The van der Waals surface area contributed by atoms with Crippen molar-refractivity contribution in [3.05, 3.63) is 84.6 Å². The minimum atomic E-state index is -0.233. The molecule has 0 unspecified atom stereocenters. The molecule has 2 N–H and O–H groups in total. The molecule has 0 spiro atoms. The molecular weight excluding hydrogens is 510 g/mol. The highest BCUT2D eigenvalue weighted by Gasteiger charge is 2.19. The smallest absolute Gasteiger partial charge is 0.222 e. The van der Waals surface area contributed by atoms with Crippen molar-refractivity contribution in [3.63, 3.8) is 0 Å². The number of para-hydroxylation sites is 2. The van der Waals surface area contributed by atoms with Crippen molar-refractivity contribution in [2.75, 3.05) is 0 Å². The van der Waals surface area contributed by atoms with Crippen molar-refractivity contribution in [3.8, 4) is 11.3 Å². The zero-order valence-electron chi connectivity index (χ0n) is 24.0. The average molecular weight is 550 g/mol. The Kier molecular flexibility index (Phi) is 9.24. The van der Waals surface area contributed by atoms with E-state index in [-0.39, 0.29) is 11.9 Å². The Morgan fingerprint density at radius 1 is 0.927 bits per heavy atom. The van der Waals surface area contributed by atoms with Gasteiger partial charge in [0.2, 0.25) is 5.91 Å². The van der Waals surface area contributed by atoms with Crippen LogP contribution >= 0.6 is 0 Å². The van der Waals surface area contributed by atoms with E-state index in [2.05, 4.69) is 58.2 Å². The van der Waals surface area contributed by atoms with Crippen molar-refractivity contribution in [1.29, 1.82) is 0 Å². The van der Waals surface area contributed by atoms with E-state index in [4.69, 9.17) is 9.97 Å². The third kappa shape index (κ3) is 6.91. The van der Waals surface area contributed by atoms with Crippen LogP contribution in [0.2, 0.25) is 0 Å². The Morgan fingerprint density at radius 3 is 2.56 bits per heavy atom. The maximum absolute atomic E-state index is 13.3. The van der Waals surface area contributed by atoms with Gasteiger partial charge in [-0.15, -0.1) is 0 Å². The van der Waals surface area contributed by atoms with Crippen LogP contribution in [0, 0.1) is 0 Å². The molecule has 0 saturated carbocycles. The monoisotopic (exact) mass is 549 g/mol. The van der Waals surface area contributed by atoms with Gasteiger partial charge in [-0.3, -0.25) is 9.59 Å². The molecule has 0 bridgehead atoms. The Hall–Kier alpha value is -4.26. The molecule has 3 aromatic carbocycles. The number of ketones is 1. The third-order valence-electron chi connectivity index (χ3n) is 7.78. The number of imidazole rings is 2. The van der Waals surface area contributed by atoms with Crippen molar-refractivity contribution in [1.82, 2.24) is 24.8 Å². The predicted octanol–water partition coefficient (Wildman–Crippen LogP) is 7.32. The Labute approximate surface area is 241 Å². The van der Waals surface area contributed by atoms with Crippen LogP contribution in [0.1, 0.15) is 76.5 Å². The molecule has 1 atom stereocenters. The van der Waals surface area contributed by atoms with E-state index in [1.807, 2.05) is 43.5 Å². The number of H-pyrrole nitrogens is 1. The SMILES string of the molecule is CCC(=O)CCCCC[C@H](NC(=O)CCn1c(CC)nc2ccccc21)c1ncc(-c2ccc3ccccc3c2)[nH]1. The van der Waals surface area contributed by atoms with Gasteiger partial charge in [0.15, 0.2) is 0 Å². The molecule has 0 aliphatic heterocycles. The number of aromatic nitrogens is 4. The fraction of sp³-hybridized carbons (Fsp3) is 0.353. The number of benzene rings is 3. The van der Waals surface area contributed by atoms with Crippen LogP contribution in [-0.4, -0.2) is 31.2 Å². The number of carbonyl (C=O) groups is 2. The van der Waals surface area contributed by atoms with Crippen LogP contribution < -0.4 is 5.32 Å². The number of Topliss-reactive ketones (excluding diaryl/α,β-unsaturated/α-hetero) is 1. The number of rotatable bonds is 14. The van der Waals surface area contributed by atoms with E-state index >= 15 is 0 Å². The summed E-state index contributed by atoms with van der Waals surface area (Å²) in [7, 11) is 0. The van der Waals surface area contributed by atoms with Gasteiger partial charge >= 0.3 is 0 Å². The van der Waals surface area contributed by atoms with Gasteiger partial charge in [-0.05, 0) is 41.8 Å². The highest BCUT2D eigenvalue weighted by Crippen LogP contribution is 2.26. The van der Waals surface area contributed by atoms with E-state index in [1.165, 1.54) is 10.8 Å². The van der Waals surface area contributed by atoms with Gasteiger partial charge in [0.1, 0.15) is 17.4 Å². The summed E-state index contributed by atoms with van der Waals surface area (Å²) in [5.41, 5.74) is 4.00. The summed E-state index contributed by atoms with van der Waals surface area (Å²) in [6.07, 6.45) is 7.71. The summed E-state index contributed by atoms with van der Waals surface area (Å²) in [6, 6.07) is 22.5. The lowest BCUT2D eigenvalue weighted by molar-refractivity contribution is -0.122. The molecule has 2 heterocycles. The van der Waals surface area contributed by atoms with E-state index in [0.717, 1.165) is 66.0 Å². The number of carbonyl (C=O) groups excluding carboxylic acids is 2. The van der Waals surface area contributed by atoms with Crippen molar-refractivity contribution < 1.29 is 9.59 Å². The molecule has 7 heteroatoms. The Bertz CT molecular complexity index is 1630. The highest BCUT2D eigenvalue weighted by molar-refractivity contribution is 5.86. The van der Waals surface area contributed by atoms with E-state index < -0.39 is 0 Å². The third-order valence-corrected chi connectivity index (χ3v) is 7.78. The molecule has 5 rings (SSSR count). The van der Waals surface area contributed by atoms with Gasteiger partial charge in [-0.25, -0.2) is 9.97 Å². The fourth-order valence-corrected chi connectivity index (χ4v) is 5.44. The Morgan fingerprint density at radius 2 is 1.73 bits per heavy atom. The lowest BCUT2D eigenvalue weighted by atomic mass is 10.0. The maximum atomic E-state index is 13.3. The molecule has 7 nitrogen and oxygen atoms in total. The van der Waals surface area contributed by atoms with Gasteiger partial charge in [-0.2, -0.15) is 0 Å². The number of fused-ring (bicyclic) bond motifs is 2. The van der Waals surface area contributed by atoms with Gasteiger partial charge in [0.05, 0.1) is 29.0 Å². The first kappa shape index (κ1) is 28.3. The standard InChI is InChI=1S/C34H39N5O2/c1-3-27(40)14-6-5-7-16-29(34-35-23-30(38-34)26-19-18-24-12-8-9-13-25(24)22-26)37-33(41)20-21-39-31-17-11-10-15-28(31)36-32(39)4-2/h8-13,15,17-19,22-23,29H,3-7,14,16,20-21H2,1-2H3,(H,35,38)(H,37,41)/t29-/m0/s1. The number of amides is 1. The van der Waals surface area contributed by atoms with Gasteiger partial charge in [-0.1, -0.05) is 75.2 Å². The summed E-state index contributed by atoms with van der Waals surface area (Å²) >= 11 is 0. The predicted molar refractivity (Wildman–Crippen MR) is 165 cm³/mol. The number of hydrogen-bond acceptors (Lipinski definition) is 4. The summed E-state index contributed by atoms with van der Waals surface area (Å²) in [5, 5.41) is 5.62. The topological polar surface area (TPSA) is 92.7 Å².